The van der Waals surface area contributed by atoms with Crippen molar-refractivity contribution in [3.05, 3.63) is 53.8 Å². The maximum Gasteiger partial charge on any atom is 0.323 e. The monoisotopic (exact) mass is 351 g/mol. The van der Waals surface area contributed by atoms with Gasteiger partial charge >= 0.3 is 11.8 Å². The number of nitrogens with zero attached hydrogens (tertiary/aromatic N) is 1. The van der Waals surface area contributed by atoms with E-state index in [0.29, 0.717) is 11.0 Å². The van der Waals surface area contributed by atoms with Gasteiger partial charge in [-0.25, -0.2) is 18.1 Å². The molecule has 25 heavy (non-hydrogen) atoms. The van der Waals surface area contributed by atoms with Gasteiger partial charge in [-0.3, -0.25) is 14.4 Å². The molecule has 0 bridgehead atoms. The average Bonchev–Trinajstić information content (AvgIpc) is 2.55. The minimum absolute atomic E-state index is 0.0263. The van der Waals surface area contributed by atoms with Crippen LogP contribution in [0.25, 0.3) is 0 Å². The quantitative estimate of drug-likeness (QED) is 0.493. The van der Waals surface area contributed by atoms with E-state index >= 15 is 0 Å². The van der Waals surface area contributed by atoms with Crippen molar-refractivity contribution in [2.24, 2.45) is 0 Å². The summed E-state index contributed by atoms with van der Waals surface area (Å²) in [6.45, 7) is 1.03. The zero-order valence-corrected chi connectivity index (χ0v) is 12.8. The van der Waals surface area contributed by atoms with Crippen molar-refractivity contribution in [3.8, 4) is 0 Å². The van der Waals surface area contributed by atoms with Gasteiger partial charge in [-0.1, -0.05) is 6.07 Å². The van der Waals surface area contributed by atoms with Crippen molar-refractivity contribution >= 4 is 34.8 Å². The molecule has 0 aliphatic carbocycles. The molecule has 9 heteroatoms. The topological polar surface area (TPSA) is 92.5 Å². The van der Waals surface area contributed by atoms with Gasteiger partial charge in [0.25, 0.3) is 0 Å². The van der Waals surface area contributed by atoms with Gasteiger partial charge in [0.2, 0.25) is 5.91 Å². The third-order valence-corrected chi connectivity index (χ3v) is 3.12. The Bertz CT molecular complexity index is 871. The lowest BCUT2D eigenvalue weighted by molar-refractivity contribution is -0.136. The van der Waals surface area contributed by atoms with Gasteiger partial charge in [0.15, 0.2) is 17.5 Å². The third kappa shape index (κ3) is 3.77. The van der Waals surface area contributed by atoms with E-state index in [2.05, 4.69) is 0 Å². The van der Waals surface area contributed by atoms with Crippen LogP contribution >= 0.6 is 0 Å². The van der Waals surface area contributed by atoms with E-state index in [0.717, 1.165) is 13.0 Å². The van der Waals surface area contributed by atoms with Gasteiger partial charge < -0.3 is 11.1 Å². The van der Waals surface area contributed by atoms with Crippen molar-refractivity contribution < 1.29 is 27.6 Å². The Balaban J connectivity index is 2.30. The molecule has 0 spiro atoms. The highest BCUT2D eigenvalue weighted by molar-refractivity contribution is 6.48. The smallest absolute Gasteiger partial charge is 0.323 e. The molecule has 3 N–H and O–H groups in total. The summed E-state index contributed by atoms with van der Waals surface area (Å²) in [6.07, 6.45) is 0. The van der Waals surface area contributed by atoms with E-state index in [-0.39, 0.29) is 11.4 Å². The number of carbonyl (C=O) groups excluding carboxylic acids is 3. The Hall–Kier alpha value is -3.36. The second-order valence-corrected chi connectivity index (χ2v) is 4.93. The maximum atomic E-state index is 13.6. The molecule has 0 radical (unpaired) electrons. The molecule has 0 heterocycles. The number of rotatable bonds is 2. The first-order valence-corrected chi connectivity index (χ1v) is 6.87. The molecular weight excluding hydrogens is 339 g/mol. The summed E-state index contributed by atoms with van der Waals surface area (Å²) in [5.74, 6) is -8.47. The molecule has 0 unspecified atom stereocenters. The number of halogens is 3. The highest BCUT2D eigenvalue weighted by atomic mass is 19.2. The van der Waals surface area contributed by atoms with Crippen LogP contribution in [0.4, 0.5) is 30.2 Å². The first-order chi connectivity index (χ1) is 11.7. The van der Waals surface area contributed by atoms with Gasteiger partial charge in [0, 0.05) is 12.6 Å². The number of carbonyl (C=O) groups is 3. The molecule has 0 saturated heterocycles. The second-order valence-electron chi connectivity index (χ2n) is 4.93. The summed E-state index contributed by atoms with van der Waals surface area (Å²) in [5.41, 5.74) is 5.09. The summed E-state index contributed by atoms with van der Waals surface area (Å²) in [7, 11) is 0. The molecule has 2 aromatic carbocycles. The molecule has 0 fully saturated rings. The largest absolute Gasteiger partial charge is 0.399 e. The van der Waals surface area contributed by atoms with E-state index in [1.807, 2.05) is 0 Å². The fourth-order valence-electron chi connectivity index (χ4n) is 2.01. The van der Waals surface area contributed by atoms with Crippen LogP contribution in [0.3, 0.4) is 0 Å². The molecule has 2 aromatic rings. The molecule has 3 amide bonds. The van der Waals surface area contributed by atoms with Gasteiger partial charge in [-0.05, 0) is 30.3 Å². The summed E-state index contributed by atoms with van der Waals surface area (Å²) in [4.78, 5) is 36.5. The van der Waals surface area contributed by atoms with E-state index in [1.54, 1.807) is 5.32 Å². The molecule has 0 aliphatic heterocycles. The number of benzene rings is 2. The van der Waals surface area contributed by atoms with Gasteiger partial charge in [-0.2, -0.15) is 0 Å². The van der Waals surface area contributed by atoms with Crippen LogP contribution in [0, 0.1) is 17.5 Å². The number of nitrogens with one attached hydrogen (secondary N) is 1. The number of nitrogen functional groups attached to an aromatic ring is 1. The second kappa shape index (κ2) is 7.04. The Morgan fingerprint density at radius 1 is 1.04 bits per heavy atom. The normalized spacial score (nSPS) is 10.2. The first kappa shape index (κ1) is 18.0. The van der Waals surface area contributed by atoms with Gasteiger partial charge in [0.1, 0.15) is 0 Å². The summed E-state index contributed by atoms with van der Waals surface area (Å²) in [6, 6.07) is 6.94. The first-order valence-electron chi connectivity index (χ1n) is 6.87. The highest BCUT2D eigenvalue weighted by Gasteiger charge is 2.28. The van der Waals surface area contributed by atoms with Crippen molar-refractivity contribution in [2.45, 2.75) is 6.92 Å². The lowest BCUT2D eigenvalue weighted by Gasteiger charge is -2.19. The Labute approximate surface area is 140 Å². The Morgan fingerprint density at radius 2 is 1.72 bits per heavy atom. The van der Waals surface area contributed by atoms with Crippen LogP contribution in [0.15, 0.2) is 36.4 Å². The van der Waals surface area contributed by atoms with Crippen LogP contribution in [0.2, 0.25) is 0 Å². The number of anilines is 3. The summed E-state index contributed by atoms with van der Waals surface area (Å²) in [5, 5.41) is 1.80. The average molecular weight is 351 g/mol. The Morgan fingerprint density at radius 3 is 2.32 bits per heavy atom. The minimum atomic E-state index is -1.80. The number of hydrogen-bond acceptors (Lipinski definition) is 4. The lowest BCUT2D eigenvalue weighted by Crippen LogP contribution is -2.42. The van der Waals surface area contributed by atoms with Gasteiger partial charge in [-0.15, -0.1) is 0 Å². The van der Waals surface area contributed by atoms with Crippen LogP contribution in [0.5, 0.6) is 0 Å². The number of amides is 3. The molecule has 2 rings (SSSR count). The van der Waals surface area contributed by atoms with Crippen LogP contribution in [0.1, 0.15) is 6.92 Å². The summed E-state index contributed by atoms with van der Waals surface area (Å²) < 4.78 is 39.6. The number of imide groups is 1. The van der Waals surface area contributed by atoms with Crippen molar-refractivity contribution in [3.63, 3.8) is 0 Å². The molecular formula is C16H12F3N3O3. The lowest BCUT2D eigenvalue weighted by atomic mass is 10.2. The third-order valence-electron chi connectivity index (χ3n) is 3.12. The molecule has 6 nitrogen and oxygen atoms in total. The molecule has 0 aromatic heterocycles. The van der Waals surface area contributed by atoms with Crippen LogP contribution < -0.4 is 16.0 Å². The van der Waals surface area contributed by atoms with Crippen molar-refractivity contribution in [1.29, 1.82) is 0 Å². The molecule has 0 saturated carbocycles. The van der Waals surface area contributed by atoms with E-state index in [4.69, 9.17) is 5.73 Å². The van der Waals surface area contributed by atoms with E-state index in [9.17, 15) is 27.6 Å². The molecule has 0 atom stereocenters. The zero-order chi connectivity index (χ0) is 18.7. The number of nitrogens with two attached hydrogens (primary N) is 1. The van der Waals surface area contributed by atoms with E-state index < -0.39 is 40.9 Å². The minimum Gasteiger partial charge on any atom is -0.399 e. The summed E-state index contributed by atoms with van der Waals surface area (Å²) >= 11 is 0. The van der Waals surface area contributed by atoms with Gasteiger partial charge in [0.05, 0.1) is 11.4 Å². The highest BCUT2D eigenvalue weighted by Crippen LogP contribution is 2.21. The standard InChI is InChI=1S/C16H12F3N3O3/c1-8(23)22(10-4-2-3-9(20)7-10)16(25)15(24)21-12-6-5-11(17)13(18)14(12)19/h2-7H,20H2,1H3,(H,21,24). The van der Waals surface area contributed by atoms with Crippen LogP contribution in [-0.4, -0.2) is 17.7 Å². The van der Waals surface area contributed by atoms with E-state index in [1.165, 1.54) is 24.3 Å². The fraction of sp³-hybridized carbons (Fsp3) is 0.0625. The fourth-order valence-corrected chi connectivity index (χ4v) is 2.01. The van der Waals surface area contributed by atoms with Crippen molar-refractivity contribution in [1.82, 2.24) is 0 Å². The zero-order valence-electron chi connectivity index (χ0n) is 12.8. The molecule has 130 valence electrons. The maximum absolute atomic E-state index is 13.6. The SMILES string of the molecule is CC(=O)N(C(=O)C(=O)Nc1ccc(F)c(F)c1F)c1cccc(N)c1. The predicted octanol–water partition coefficient (Wildman–Crippen LogP) is 2.20. The van der Waals surface area contributed by atoms with Crippen LogP contribution in [-0.2, 0) is 14.4 Å². The van der Waals surface area contributed by atoms with Crippen molar-refractivity contribution in [2.75, 3.05) is 16.0 Å². The number of hydrogen-bond donors (Lipinski definition) is 2. The predicted molar refractivity (Wildman–Crippen MR) is 84.0 cm³/mol. The Kier molecular flexibility index (Phi) is 5.06. The molecule has 0 aliphatic rings.